The maximum Gasteiger partial charge on any atom is 0.232 e. The Hall–Kier alpha value is -1.63. The van der Waals surface area contributed by atoms with E-state index in [4.69, 9.17) is 14.5 Å². The quantitative estimate of drug-likeness (QED) is 0.623. The van der Waals surface area contributed by atoms with Crippen molar-refractivity contribution >= 4 is 11.8 Å². The Morgan fingerprint density at radius 3 is 2.82 bits per heavy atom. The highest BCUT2D eigenvalue weighted by atomic mass is 32.2. The predicted octanol–water partition coefficient (Wildman–Crippen LogP) is 3.21. The fourth-order valence-electron chi connectivity index (χ4n) is 2.15. The lowest BCUT2D eigenvalue weighted by molar-refractivity contribution is -0.325. The first-order valence-electron chi connectivity index (χ1n) is 7.19. The fourth-order valence-corrected chi connectivity index (χ4v) is 2.56. The number of hydrogen-bond donors (Lipinski definition) is 0. The van der Waals surface area contributed by atoms with Crippen molar-refractivity contribution in [2.75, 3.05) is 26.1 Å². The van der Waals surface area contributed by atoms with Gasteiger partial charge in [0.1, 0.15) is 0 Å². The Kier molecular flexibility index (Phi) is 5.26. The molecule has 1 aromatic carbocycles. The summed E-state index contributed by atoms with van der Waals surface area (Å²) in [5.41, 5.74) is 1.85. The normalized spacial score (nSPS) is 18.1. The van der Waals surface area contributed by atoms with Crippen molar-refractivity contribution in [2.45, 2.75) is 11.3 Å². The number of nitrogens with zero attached hydrogens (tertiary/aromatic N) is 2. The van der Waals surface area contributed by atoms with E-state index in [0.717, 1.165) is 17.7 Å². The molecule has 0 aliphatic carbocycles. The van der Waals surface area contributed by atoms with Crippen LogP contribution in [0.15, 0.2) is 41.6 Å². The summed E-state index contributed by atoms with van der Waals surface area (Å²) < 4.78 is 5.74. The van der Waals surface area contributed by atoms with Crippen LogP contribution < -0.4 is 4.74 Å². The Balaban J connectivity index is 1.66. The summed E-state index contributed by atoms with van der Waals surface area (Å²) in [5, 5.41) is 0. The number of hydrogen-bond acceptors (Lipinski definition) is 6. The Morgan fingerprint density at radius 1 is 1.23 bits per heavy atom. The summed E-state index contributed by atoms with van der Waals surface area (Å²) in [5.74, 6) is 0.873. The number of benzene rings is 1. The highest BCUT2D eigenvalue weighted by Crippen LogP contribution is 2.22. The van der Waals surface area contributed by atoms with Gasteiger partial charge in [-0.3, -0.25) is 4.98 Å². The minimum atomic E-state index is 0.333. The van der Waals surface area contributed by atoms with Gasteiger partial charge in [-0.15, -0.1) is 11.8 Å². The second-order valence-corrected chi connectivity index (χ2v) is 5.92. The third-order valence-electron chi connectivity index (χ3n) is 3.46. The van der Waals surface area contributed by atoms with Gasteiger partial charge in [0.25, 0.3) is 0 Å². The molecular weight excluding hydrogens is 300 g/mol. The van der Waals surface area contributed by atoms with Gasteiger partial charge in [-0.25, -0.2) is 14.8 Å². The average molecular weight is 318 g/mol. The van der Waals surface area contributed by atoms with Crippen LogP contribution in [0.5, 0.6) is 5.88 Å². The molecule has 1 aliphatic rings. The number of ether oxygens (including phenoxy) is 1. The van der Waals surface area contributed by atoms with Crippen molar-refractivity contribution < 1.29 is 14.5 Å². The average Bonchev–Trinajstić information content (AvgIpc) is 2.61. The van der Waals surface area contributed by atoms with Crippen LogP contribution in [0.2, 0.25) is 0 Å². The molecule has 1 fully saturated rings. The van der Waals surface area contributed by atoms with E-state index in [1.54, 1.807) is 24.2 Å². The van der Waals surface area contributed by atoms with Crippen molar-refractivity contribution in [1.29, 1.82) is 0 Å². The van der Waals surface area contributed by atoms with Gasteiger partial charge in [-0.1, -0.05) is 12.1 Å². The van der Waals surface area contributed by atoms with Crippen LogP contribution in [0.4, 0.5) is 0 Å². The lowest BCUT2D eigenvalue weighted by atomic mass is 10.1. The van der Waals surface area contributed by atoms with Crippen LogP contribution >= 0.6 is 11.8 Å². The third kappa shape index (κ3) is 3.97. The first-order valence-corrected chi connectivity index (χ1v) is 8.41. The molecule has 0 saturated carbocycles. The summed E-state index contributed by atoms with van der Waals surface area (Å²) >= 11 is 1.72. The Bertz CT molecular complexity index is 601. The van der Waals surface area contributed by atoms with E-state index in [2.05, 4.69) is 28.4 Å². The molecule has 1 unspecified atom stereocenters. The molecule has 1 atom stereocenters. The zero-order chi connectivity index (χ0) is 15.2. The van der Waals surface area contributed by atoms with E-state index in [1.807, 2.05) is 12.1 Å². The summed E-state index contributed by atoms with van der Waals surface area (Å²) in [7, 11) is 0. The molecule has 116 valence electrons. The van der Waals surface area contributed by atoms with E-state index < -0.39 is 0 Å². The molecule has 5 nitrogen and oxygen atoms in total. The molecule has 3 rings (SSSR count). The van der Waals surface area contributed by atoms with Gasteiger partial charge in [0.2, 0.25) is 5.88 Å². The molecule has 1 aliphatic heterocycles. The van der Waals surface area contributed by atoms with Crippen molar-refractivity contribution in [1.82, 2.24) is 9.97 Å². The SMILES string of the molecule is CSc1ccc(-c2cncc(OCC3CCOOC3)n2)cc1. The molecule has 2 aromatic rings. The largest absolute Gasteiger partial charge is 0.476 e. The molecule has 22 heavy (non-hydrogen) atoms. The maximum atomic E-state index is 5.74. The van der Waals surface area contributed by atoms with Crippen LogP contribution in [0.3, 0.4) is 0 Å². The minimum Gasteiger partial charge on any atom is -0.476 e. The lowest BCUT2D eigenvalue weighted by Crippen LogP contribution is -2.24. The Morgan fingerprint density at radius 2 is 2.09 bits per heavy atom. The van der Waals surface area contributed by atoms with Gasteiger partial charge in [-0.05, 0) is 24.8 Å². The fraction of sp³-hybridized carbons (Fsp3) is 0.375. The molecule has 0 bridgehead atoms. The first-order chi connectivity index (χ1) is 10.8. The van der Waals surface area contributed by atoms with Crippen LogP contribution in [0.1, 0.15) is 6.42 Å². The van der Waals surface area contributed by atoms with Crippen LogP contribution in [0, 0.1) is 5.92 Å². The molecule has 0 N–H and O–H groups in total. The molecular formula is C16H18N2O3S. The van der Waals surface area contributed by atoms with Gasteiger partial charge in [0.15, 0.2) is 0 Å². The molecule has 2 heterocycles. The van der Waals surface area contributed by atoms with E-state index in [1.165, 1.54) is 4.90 Å². The van der Waals surface area contributed by atoms with E-state index >= 15 is 0 Å². The molecule has 6 heteroatoms. The third-order valence-corrected chi connectivity index (χ3v) is 4.21. The van der Waals surface area contributed by atoms with Crippen molar-refractivity contribution in [2.24, 2.45) is 5.92 Å². The molecule has 1 aromatic heterocycles. The van der Waals surface area contributed by atoms with Gasteiger partial charge < -0.3 is 4.74 Å². The standard InChI is InChI=1S/C16H18N2O3S/c1-22-14-4-2-13(3-5-14)15-8-17-9-16(18-15)19-10-12-6-7-20-21-11-12/h2-5,8-9,12H,6-7,10-11H2,1H3. The summed E-state index contributed by atoms with van der Waals surface area (Å²) in [6.07, 6.45) is 6.38. The van der Waals surface area contributed by atoms with Crippen LogP contribution in [-0.4, -0.2) is 36.0 Å². The van der Waals surface area contributed by atoms with Crippen molar-refractivity contribution in [3.05, 3.63) is 36.7 Å². The van der Waals surface area contributed by atoms with E-state index in [9.17, 15) is 0 Å². The van der Waals surface area contributed by atoms with E-state index in [0.29, 0.717) is 31.6 Å². The smallest absolute Gasteiger partial charge is 0.232 e. The summed E-state index contributed by atoms with van der Waals surface area (Å²) in [6, 6.07) is 8.25. The highest BCUT2D eigenvalue weighted by molar-refractivity contribution is 7.98. The summed E-state index contributed by atoms with van der Waals surface area (Å²) in [4.78, 5) is 19.8. The van der Waals surface area contributed by atoms with Gasteiger partial charge >= 0.3 is 0 Å². The van der Waals surface area contributed by atoms with Crippen molar-refractivity contribution in [3.63, 3.8) is 0 Å². The van der Waals surface area contributed by atoms with Gasteiger partial charge in [0, 0.05) is 16.4 Å². The molecule has 0 amide bonds. The lowest BCUT2D eigenvalue weighted by Gasteiger charge is -2.20. The van der Waals surface area contributed by atoms with Gasteiger partial charge in [-0.2, -0.15) is 0 Å². The molecule has 1 saturated heterocycles. The van der Waals surface area contributed by atoms with Crippen LogP contribution in [-0.2, 0) is 9.78 Å². The predicted molar refractivity (Wildman–Crippen MR) is 84.8 cm³/mol. The number of aromatic nitrogens is 2. The molecule has 0 radical (unpaired) electrons. The molecule has 0 spiro atoms. The summed E-state index contributed by atoms with van der Waals surface area (Å²) in [6.45, 7) is 1.73. The zero-order valence-corrected chi connectivity index (χ0v) is 13.2. The topological polar surface area (TPSA) is 53.5 Å². The van der Waals surface area contributed by atoms with Gasteiger partial charge in [0.05, 0.1) is 37.9 Å². The maximum absolute atomic E-state index is 5.74. The Labute approximate surface area is 134 Å². The van der Waals surface area contributed by atoms with Crippen molar-refractivity contribution in [3.8, 4) is 17.1 Å². The number of thioether (sulfide) groups is 1. The second-order valence-electron chi connectivity index (χ2n) is 5.04. The van der Waals surface area contributed by atoms with E-state index in [-0.39, 0.29) is 0 Å². The first kappa shape index (κ1) is 15.3. The zero-order valence-electron chi connectivity index (χ0n) is 12.4. The monoisotopic (exact) mass is 318 g/mol. The minimum absolute atomic E-state index is 0.333. The number of rotatable bonds is 5. The van der Waals surface area contributed by atoms with Crippen LogP contribution in [0.25, 0.3) is 11.3 Å². The second kappa shape index (κ2) is 7.58. The highest BCUT2D eigenvalue weighted by Gasteiger charge is 2.16.